The Bertz CT molecular complexity index is 625. The van der Waals surface area contributed by atoms with Gasteiger partial charge in [-0.25, -0.2) is 0 Å². The summed E-state index contributed by atoms with van der Waals surface area (Å²) in [4.78, 5) is 12.0. The van der Waals surface area contributed by atoms with Gasteiger partial charge in [-0.1, -0.05) is 0 Å². The summed E-state index contributed by atoms with van der Waals surface area (Å²) >= 11 is 5.20. The molecule has 2 N–H and O–H groups in total. The first kappa shape index (κ1) is 15.3. The largest absolute Gasteiger partial charge is 0.497 e. The minimum atomic E-state index is -0.360. The van der Waals surface area contributed by atoms with Crippen LogP contribution in [-0.2, 0) is 4.79 Å². The van der Waals surface area contributed by atoms with Gasteiger partial charge in [-0.05, 0) is 44.3 Å². The monoisotopic (exact) mass is 306 g/mol. The zero-order valence-electron chi connectivity index (χ0n) is 12.4. The van der Waals surface area contributed by atoms with Crippen molar-refractivity contribution in [2.24, 2.45) is 0 Å². The van der Waals surface area contributed by atoms with Gasteiger partial charge in [0.25, 0.3) is 0 Å². The van der Waals surface area contributed by atoms with E-state index >= 15 is 0 Å². The van der Waals surface area contributed by atoms with Crippen LogP contribution in [0, 0.1) is 0 Å². The number of hydrogen-bond acceptors (Lipinski definition) is 4. The first-order valence-corrected chi connectivity index (χ1v) is 6.90. The van der Waals surface area contributed by atoms with Crippen molar-refractivity contribution in [3.63, 3.8) is 0 Å². The molecule has 0 saturated carbocycles. The Hall–Kier alpha value is -2.08. The molecule has 2 rings (SSSR count). The molecule has 0 saturated heterocycles. The number of rotatable bonds is 4. The van der Waals surface area contributed by atoms with Crippen molar-refractivity contribution in [2.45, 2.75) is 19.9 Å². The third kappa shape index (κ3) is 3.00. The van der Waals surface area contributed by atoms with Gasteiger partial charge < -0.3 is 20.1 Å². The molecule has 1 aromatic carbocycles. The molecular weight excluding hydrogens is 288 g/mol. The van der Waals surface area contributed by atoms with Crippen molar-refractivity contribution < 1.29 is 14.3 Å². The lowest BCUT2D eigenvalue weighted by Crippen LogP contribution is -2.44. The molecule has 1 heterocycles. The molecular formula is C15H18N2O3S. The Morgan fingerprint density at radius 1 is 1.29 bits per heavy atom. The molecule has 0 aliphatic carbocycles. The van der Waals surface area contributed by atoms with Crippen LogP contribution >= 0.6 is 12.2 Å². The zero-order valence-corrected chi connectivity index (χ0v) is 13.3. The first-order valence-electron chi connectivity index (χ1n) is 6.49. The summed E-state index contributed by atoms with van der Waals surface area (Å²) in [5.74, 6) is 1.34. The minimum Gasteiger partial charge on any atom is -0.497 e. The smallest absolute Gasteiger partial charge is 0.171 e. The summed E-state index contributed by atoms with van der Waals surface area (Å²) in [6.07, 6.45) is 0. The normalized spacial score (nSPS) is 17.9. The molecule has 21 heavy (non-hydrogen) atoms. The number of nitrogens with one attached hydrogen (secondary N) is 2. The van der Waals surface area contributed by atoms with Crippen LogP contribution in [0.3, 0.4) is 0 Å². The van der Waals surface area contributed by atoms with E-state index < -0.39 is 0 Å². The fourth-order valence-electron chi connectivity index (χ4n) is 2.46. The van der Waals surface area contributed by atoms with Crippen molar-refractivity contribution in [1.29, 1.82) is 0 Å². The van der Waals surface area contributed by atoms with Gasteiger partial charge >= 0.3 is 0 Å². The first-order chi connectivity index (χ1) is 9.97. The lowest BCUT2D eigenvalue weighted by Gasteiger charge is -2.30. The fraction of sp³-hybridized carbons (Fsp3) is 0.333. The van der Waals surface area contributed by atoms with Gasteiger partial charge in [-0.15, -0.1) is 0 Å². The van der Waals surface area contributed by atoms with Crippen LogP contribution < -0.4 is 20.1 Å². The Morgan fingerprint density at radius 3 is 2.57 bits per heavy atom. The van der Waals surface area contributed by atoms with Gasteiger partial charge in [-0.2, -0.15) is 0 Å². The van der Waals surface area contributed by atoms with Gasteiger partial charge in [0.2, 0.25) is 0 Å². The highest BCUT2D eigenvalue weighted by atomic mass is 32.1. The molecule has 1 atom stereocenters. The number of carbonyl (C=O) groups is 1. The predicted octanol–water partition coefficient (Wildman–Crippen LogP) is 2.09. The summed E-state index contributed by atoms with van der Waals surface area (Å²) in [6.45, 7) is 3.37. The summed E-state index contributed by atoms with van der Waals surface area (Å²) in [6, 6.07) is 5.11. The fourth-order valence-corrected chi connectivity index (χ4v) is 2.73. The number of ketones is 1. The van der Waals surface area contributed by atoms with Crippen LogP contribution in [-0.4, -0.2) is 25.1 Å². The topological polar surface area (TPSA) is 59.6 Å². The van der Waals surface area contributed by atoms with E-state index in [4.69, 9.17) is 21.7 Å². The van der Waals surface area contributed by atoms with Crippen LogP contribution in [0.4, 0.5) is 0 Å². The molecule has 0 spiro atoms. The van der Waals surface area contributed by atoms with Gasteiger partial charge in [0.1, 0.15) is 11.5 Å². The van der Waals surface area contributed by atoms with E-state index in [-0.39, 0.29) is 11.8 Å². The van der Waals surface area contributed by atoms with Gasteiger partial charge in [-0.3, -0.25) is 4.79 Å². The van der Waals surface area contributed by atoms with E-state index in [0.717, 1.165) is 11.3 Å². The van der Waals surface area contributed by atoms with E-state index in [1.165, 1.54) is 6.92 Å². The summed E-state index contributed by atoms with van der Waals surface area (Å²) in [7, 11) is 3.19. The lowest BCUT2D eigenvalue weighted by atomic mass is 9.92. The maximum absolute atomic E-state index is 12.0. The molecule has 0 bridgehead atoms. The van der Waals surface area contributed by atoms with Crippen molar-refractivity contribution >= 4 is 23.1 Å². The molecule has 1 unspecified atom stereocenters. The summed E-state index contributed by atoms with van der Waals surface area (Å²) in [5, 5.41) is 6.59. The van der Waals surface area contributed by atoms with Gasteiger partial charge in [0.15, 0.2) is 10.9 Å². The number of methoxy groups -OCH3 is 2. The second-order valence-corrected chi connectivity index (χ2v) is 5.14. The van der Waals surface area contributed by atoms with Gasteiger partial charge in [0, 0.05) is 16.8 Å². The molecule has 0 amide bonds. The number of benzene rings is 1. The highest BCUT2D eigenvalue weighted by Gasteiger charge is 2.30. The SMILES string of the molecule is COc1ccc(OC)c(C2NC(=S)NC(C)=C2C(C)=O)c1. The van der Waals surface area contributed by atoms with Crippen LogP contribution in [0.1, 0.15) is 25.5 Å². The summed E-state index contributed by atoms with van der Waals surface area (Å²) < 4.78 is 10.7. The Balaban J connectivity index is 2.59. The maximum atomic E-state index is 12.0. The number of hydrogen-bond donors (Lipinski definition) is 2. The second kappa shape index (κ2) is 6.13. The van der Waals surface area contributed by atoms with Crippen LogP contribution in [0.5, 0.6) is 11.5 Å². The number of ether oxygens (including phenoxy) is 2. The second-order valence-electron chi connectivity index (χ2n) is 4.73. The minimum absolute atomic E-state index is 0.0233. The van der Waals surface area contributed by atoms with Crippen molar-refractivity contribution in [3.8, 4) is 11.5 Å². The summed E-state index contributed by atoms with van der Waals surface area (Å²) in [5.41, 5.74) is 2.20. The molecule has 0 aromatic heterocycles. The van der Waals surface area contributed by atoms with Crippen molar-refractivity contribution in [1.82, 2.24) is 10.6 Å². The molecule has 1 aliphatic rings. The average molecular weight is 306 g/mol. The highest BCUT2D eigenvalue weighted by molar-refractivity contribution is 7.80. The number of allylic oxidation sites excluding steroid dienone is 1. The van der Waals surface area contributed by atoms with Crippen LogP contribution in [0.2, 0.25) is 0 Å². The van der Waals surface area contributed by atoms with E-state index in [9.17, 15) is 4.79 Å². The maximum Gasteiger partial charge on any atom is 0.171 e. The third-order valence-corrected chi connectivity index (χ3v) is 3.62. The number of thiocarbonyl (C=S) groups is 1. The molecule has 6 heteroatoms. The molecule has 0 fully saturated rings. The van der Waals surface area contributed by atoms with E-state index in [1.807, 2.05) is 25.1 Å². The van der Waals surface area contributed by atoms with E-state index in [0.29, 0.717) is 22.2 Å². The zero-order chi connectivity index (χ0) is 15.6. The van der Waals surface area contributed by atoms with Gasteiger partial charge in [0.05, 0.1) is 20.3 Å². The molecule has 1 aromatic rings. The number of Topliss-reactive ketones (excluding diaryl/α,β-unsaturated/α-hetero) is 1. The predicted molar refractivity (Wildman–Crippen MR) is 84.5 cm³/mol. The average Bonchev–Trinajstić information content (AvgIpc) is 2.45. The van der Waals surface area contributed by atoms with Crippen LogP contribution in [0.25, 0.3) is 0 Å². The van der Waals surface area contributed by atoms with Crippen LogP contribution in [0.15, 0.2) is 29.5 Å². The lowest BCUT2D eigenvalue weighted by molar-refractivity contribution is -0.114. The Morgan fingerprint density at radius 2 is 2.00 bits per heavy atom. The molecule has 0 radical (unpaired) electrons. The number of carbonyl (C=O) groups excluding carboxylic acids is 1. The van der Waals surface area contributed by atoms with E-state index in [2.05, 4.69) is 10.6 Å². The quantitative estimate of drug-likeness (QED) is 0.831. The molecule has 1 aliphatic heterocycles. The Labute approximate surface area is 129 Å². The highest BCUT2D eigenvalue weighted by Crippen LogP contribution is 2.35. The standard InChI is InChI=1S/C15H18N2O3S/c1-8-13(9(2)18)14(17-15(21)16-8)11-7-10(19-3)5-6-12(11)20-4/h5-7,14H,1-4H3,(H2,16,17,21). The molecule has 112 valence electrons. The Kier molecular flexibility index (Phi) is 4.47. The van der Waals surface area contributed by atoms with E-state index in [1.54, 1.807) is 14.2 Å². The van der Waals surface area contributed by atoms with Crippen molar-refractivity contribution in [3.05, 3.63) is 35.0 Å². The molecule has 5 nitrogen and oxygen atoms in total. The third-order valence-electron chi connectivity index (χ3n) is 3.40. The van der Waals surface area contributed by atoms with Crippen molar-refractivity contribution in [2.75, 3.05) is 14.2 Å².